The van der Waals surface area contributed by atoms with Gasteiger partial charge in [0.1, 0.15) is 0 Å². The van der Waals surface area contributed by atoms with Gasteiger partial charge in [0, 0.05) is 13.1 Å². The van der Waals surface area contributed by atoms with Crippen LogP contribution in [0.25, 0.3) is 0 Å². The molecule has 0 atom stereocenters. The first-order valence-corrected chi connectivity index (χ1v) is 6.45. The monoisotopic (exact) mass is 270 g/mol. The van der Waals surface area contributed by atoms with Crippen LogP contribution in [0.2, 0.25) is 5.02 Å². The Labute approximate surface area is 111 Å². The average Bonchev–Trinajstić information content (AvgIpc) is 2.36. The molecule has 2 rings (SSSR count). The number of amides is 2. The second kappa shape index (κ2) is 5.57. The van der Waals surface area contributed by atoms with Gasteiger partial charge < -0.3 is 10.2 Å². The molecule has 0 radical (unpaired) electrons. The normalized spacial score (nSPS) is 16.7. The number of carbonyl (C=O) groups is 1. The molecule has 0 aliphatic carbocycles. The average molecular weight is 271 g/mol. The van der Waals surface area contributed by atoms with Gasteiger partial charge in [0.15, 0.2) is 5.82 Å². The van der Waals surface area contributed by atoms with E-state index in [2.05, 4.69) is 12.2 Å². The zero-order chi connectivity index (χ0) is 13.1. The minimum atomic E-state index is -0.585. The van der Waals surface area contributed by atoms with Crippen LogP contribution >= 0.6 is 11.6 Å². The van der Waals surface area contributed by atoms with E-state index in [0.29, 0.717) is 5.92 Å². The third kappa shape index (κ3) is 2.93. The second-order valence-corrected chi connectivity index (χ2v) is 5.11. The summed E-state index contributed by atoms with van der Waals surface area (Å²) in [5.74, 6) is 0.0647. The van der Waals surface area contributed by atoms with Gasteiger partial charge in [-0.25, -0.2) is 9.18 Å². The highest BCUT2D eigenvalue weighted by Crippen LogP contribution is 2.23. The van der Waals surface area contributed by atoms with Gasteiger partial charge in [-0.1, -0.05) is 24.6 Å². The molecule has 98 valence electrons. The van der Waals surface area contributed by atoms with Crippen molar-refractivity contribution in [2.75, 3.05) is 18.4 Å². The second-order valence-electron chi connectivity index (χ2n) is 4.70. The Bertz CT molecular complexity index is 445. The van der Waals surface area contributed by atoms with E-state index in [1.54, 1.807) is 11.0 Å². The van der Waals surface area contributed by atoms with Crippen molar-refractivity contribution in [2.24, 2.45) is 5.92 Å². The highest BCUT2D eigenvalue weighted by molar-refractivity contribution is 6.31. The van der Waals surface area contributed by atoms with Crippen LogP contribution in [-0.2, 0) is 0 Å². The standard InChI is InChI=1S/C13H16ClFN2O/c1-9-5-7-17(8-6-9)13(18)16-11-4-2-3-10(14)12(11)15/h2-4,9H,5-8H2,1H3,(H,16,18). The fourth-order valence-electron chi connectivity index (χ4n) is 2.01. The molecule has 1 heterocycles. The topological polar surface area (TPSA) is 32.3 Å². The maximum Gasteiger partial charge on any atom is 0.321 e. The van der Waals surface area contributed by atoms with Crippen molar-refractivity contribution in [2.45, 2.75) is 19.8 Å². The van der Waals surface area contributed by atoms with Crippen LogP contribution in [0, 0.1) is 11.7 Å². The van der Waals surface area contributed by atoms with Gasteiger partial charge in [-0.15, -0.1) is 0 Å². The maximum atomic E-state index is 13.6. The number of benzene rings is 1. The van der Waals surface area contributed by atoms with E-state index in [1.165, 1.54) is 12.1 Å². The van der Waals surface area contributed by atoms with Crippen LogP contribution < -0.4 is 5.32 Å². The molecule has 1 aliphatic heterocycles. The number of halogens is 2. The minimum absolute atomic E-state index is 0.0140. The number of carbonyl (C=O) groups excluding carboxylic acids is 1. The molecular formula is C13H16ClFN2O. The Morgan fingerprint density at radius 1 is 1.44 bits per heavy atom. The van der Waals surface area contributed by atoms with Gasteiger partial charge in [0.25, 0.3) is 0 Å². The van der Waals surface area contributed by atoms with Crippen molar-refractivity contribution in [1.82, 2.24) is 4.90 Å². The molecule has 1 fully saturated rings. The third-order valence-corrected chi connectivity index (χ3v) is 3.56. The fourth-order valence-corrected chi connectivity index (χ4v) is 2.18. The molecule has 0 saturated carbocycles. The van der Waals surface area contributed by atoms with E-state index >= 15 is 0 Å². The van der Waals surface area contributed by atoms with Crippen LogP contribution in [0.15, 0.2) is 18.2 Å². The predicted molar refractivity (Wildman–Crippen MR) is 70.4 cm³/mol. The Hall–Kier alpha value is -1.29. The summed E-state index contributed by atoms with van der Waals surface area (Å²) in [6.45, 7) is 3.61. The molecule has 1 saturated heterocycles. The van der Waals surface area contributed by atoms with E-state index in [-0.39, 0.29) is 16.7 Å². The molecule has 1 N–H and O–H groups in total. The van der Waals surface area contributed by atoms with Gasteiger partial charge in [-0.05, 0) is 30.9 Å². The maximum absolute atomic E-state index is 13.6. The Kier molecular flexibility index (Phi) is 4.07. The van der Waals surface area contributed by atoms with E-state index in [9.17, 15) is 9.18 Å². The molecular weight excluding hydrogens is 255 g/mol. The first-order valence-electron chi connectivity index (χ1n) is 6.08. The molecule has 1 aliphatic rings. The first-order chi connectivity index (χ1) is 8.58. The van der Waals surface area contributed by atoms with Gasteiger partial charge in [-0.2, -0.15) is 0 Å². The van der Waals surface area contributed by atoms with E-state index in [4.69, 9.17) is 11.6 Å². The Morgan fingerprint density at radius 2 is 2.11 bits per heavy atom. The molecule has 5 heteroatoms. The molecule has 2 amide bonds. The van der Waals surface area contributed by atoms with E-state index in [0.717, 1.165) is 25.9 Å². The molecule has 0 bridgehead atoms. The summed E-state index contributed by atoms with van der Waals surface area (Å²) < 4.78 is 13.6. The lowest BCUT2D eigenvalue weighted by atomic mass is 10.00. The molecule has 18 heavy (non-hydrogen) atoms. The number of nitrogens with zero attached hydrogens (tertiary/aromatic N) is 1. The summed E-state index contributed by atoms with van der Waals surface area (Å²) in [5, 5.41) is 2.58. The fraction of sp³-hybridized carbons (Fsp3) is 0.462. The number of hydrogen-bond acceptors (Lipinski definition) is 1. The lowest BCUT2D eigenvalue weighted by Crippen LogP contribution is -2.40. The number of rotatable bonds is 1. The Balaban J connectivity index is 2.01. The van der Waals surface area contributed by atoms with Gasteiger partial charge in [0.05, 0.1) is 10.7 Å². The zero-order valence-electron chi connectivity index (χ0n) is 10.2. The van der Waals surface area contributed by atoms with Crippen molar-refractivity contribution < 1.29 is 9.18 Å². The van der Waals surface area contributed by atoms with Crippen molar-refractivity contribution in [3.63, 3.8) is 0 Å². The van der Waals surface area contributed by atoms with Crippen LogP contribution in [0.5, 0.6) is 0 Å². The minimum Gasteiger partial charge on any atom is -0.325 e. The van der Waals surface area contributed by atoms with Crippen LogP contribution in [-0.4, -0.2) is 24.0 Å². The summed E-state index contributed by atoms with van der Waals surface area (Å²) in [7, 11) is 0. The SMILES string of the molecule is CC1CCN(C(=O)Nc2cccc(Cl)c2F)CC1. The highest BCUT2D eigenvalue weighted by atomic mass is 35.5. The zero-order valence-corrected chi connectivity index (χ0v) is 11.0. The number of likely N-dealkylation sites (tertiary alicyclic amines) is 1. The largest absolute Gasteiger partial charge is 0.325 e. The quantitative estimate of drug-likeness (QED) is 0.828. The van der Waals surface area contributed by atoms with Crippen molar-refractivity contribution in [1.29, 1.82) is 0 Å². The first kappa shape index (κ1) is 13.1. The van der Waals surface area contributed by atoms with Gasteiger partial charge in [-0.3, -0.25) is 0 Å². The molecule has 1 aromatic carbocycles. The summed E-state index contributed by atoms with van der Waals surface area (Å²) in [5.41, 5.74) is 0.131. The number of urea groups is 1. The predicted octanol–water partition coefficient (Wildman–Crippen LogP) is 3.74. The summed E-state index contributed by atoms with van der Waals surface area (Å²) in [6.07, 6.45) is 1.98. The Morgan fingerprint density at radius 3 is 2.78 bits per heavy atom. The van der Waals surface area contributed by atoms with Crippen LogP contribution in [0.3, 0.4) is 0 Å². The molecule has 0 spiro atoms. The van der Waals surface area contributed by atoms with Crippen molar-refractivity contribution in [3.05, 3.63) is 29.0 Å². The number of hydrogen-bond donors (Lipinski definition) is 1. The highest BCUT2D eigenvalue weighted by Gasteiger charge is 2.21. The molecule has 0 unspecified atom stereocenters. The smallest absolute Gasteiger partial charge is 0.321 e. The van der Waals surface area contributed by atoms with Crippen molar-refractivity contribution >= 4 is 23.3 Å². The summed E-state index contributed by atoms with van der Waals surface area (Å²) in [6, 6.07) is 4.31. The lowest BCUT2D eigenvalue weighted by Gasteiger charge is -2.30. The molecule has 3 nitrogen and oxygen atoms in total. The summed E-state index contributed by atoms with van der Waals surface area (Å²) in [4.78, 5) is 13.7. The summed E-state index contributed by atoms with van der Waals surface area (Å²) >= 11 is 5.66. The van der Waals surface area contributed by atoms with Gasteiger partial charge >= 0.3 is 6.03 Å². The number of nitrogens with one attached hydrogen (secondary N) is 1. The van der Waals surface area contributed by atoms with E-state index < -0.39 is 5.82 Å². The molecule has 1 aromatic rings. The van der Waals surface area contributed by atoms with Crippen LogP contribution in [0.1, 0.15) is 19.8 Å². The number of anilines is 1. The van der Waals surface area contributed by atoms with Crippen LogP contribution in [0.4, 0.5) is 14.9 Å². The number of piperidine rings is 1. The third-order valence-electron chi connectivity index (χ3n) is 3.26. The van der Waals surface area contributed by atoms with Crippen molar-refractivity contribution in [3.8, 4) is 0 Å². The van der Waals surface area contributed by atoms with Gasteiger partial charge in [0.2, 0.25) is 0 Å². The molecule has 0 aromatic heterocycles. The lowest BCUT2D eigenvalue weighted by molar-refractivity contribution is 0.186. The van der Waals surface area contributed by atoms with E-state index in [1.807, 2.05) is 0 Å².